The molecular formula is C32H29Cl3F2N6O3. The van der Waals surface area contributed by atoms with E-state index in [2.05, 4.69) is 22.6 Å². The van der Waals surface area contributed by atoms with E-state index in [0.717, 1.165) is 0 Å². The number of carbonyl (C=O) groups excluding carboxylic acids is 1. The van der Waals surface area contributed by atoms with Crippen LogP contribution in [0.1, 0.15) is 39.3 Å². The number of amides is 1. The molecular weight excluding hydrogens is 661 g/mol. The number of piperazine rings is 1. The highest BCUT2D eigenvalue weighted by molar-refractivity contribution is 6.39. The van der Waals surface area contributed by atoms with Crippen molar-refractivity contribution in [1.29, 1.82) is 5.26 Å². The van der Waals surface area contributed by atoms with E-state index in [-0.39, 0.29) is 71.0 Å². The lowest BCUT2D eigenvalue weighted by Gasteiger charge is -2.41. The third-order valence-corrected chi connectivity index (χ3v) is 9.37. The molecule has 1 aromatic carbocycles. The molecule has 0 bridgehead atoms. The first-order valence-corrected chi connectivity index (χ1v) is 15.5. The minimum atomic E-state index is -1.45. The number of hydrogen-bond acceptors (Lipinski definition) is 7. The number of aromatic hydroxyl groups is 1. The summed E-state index contributed by atoms with van der Waals surface area (Å²) in [6.45, 7) is 11.9. The molecule has 0 spiro atoms. The van der Waals surface area contributed by atoms with Crippen LogP contribution < -0.4 is 10.5 Å². The highest BCUT2D eigenvalue weighted by Gasteiger charge is 2.36. The quantitative estimate of drug-likeness (QED) is 0.177. The number of hydrogen-bond donors (Lipinski definition) is 1. The van der Waals surface area contributed by atoms with Crippen molar-refractivity contribution >= 4 is 63.1 Å². The van der Waals surface area contributed by atoms with Gasteiger partial charge in [-0.15, -0.1) is 0 Å². The Balaban J connectivity index is 1.89. The van der Waals surface area contributed by atoms with E-state index in [9.17, 15) is 24.3 Å². The van der Waals surface area contributed by atoms with Crippen molar-refractivity contribution in [2.45, 2.75) is 39.8 Å². The van der Waals surface area contributed by atoms with E-state index < -0.39 is 44.6 Å². The first kappa shape index (κ1) is 33.4. The summed E-state index contributed by atoms with van der Waals surface area (Å²) in [7, 11) is 0. The van der Waals surface area contributed by atoms with E-state index in [1.165, 1.54) is 16.7 Å². The Kier molecular flexibility index (Phi) is 9.19. The molecule has 0 radical (unpaired) electrons. The number of nitrogens with zero attached hydrogens (tertiary/aromatic N) is 6. The molecule has 1 N–H and O–H groups in total. The normalized spacial score (nSPS) is 19.8. The number of benzene rings is 1. The van der Waals surface area contributed by atoms with Crippen LogP contribution in [0.15, 0.2) is 40.8 Å². The van der Waals surface area contributed by atoms with Gasteiger partial charge in [-0.3, -0.25) is 19.1 Å². The Hall–Kier alpha value is -3.98. The topological polar surface area (TPSA) is 115 Å². The van der Waals surface area contributed by atoms with Crippen LogP contribution in [0, 0.1) is 34.8 Å². The number of nitriles is 1. The van der Waals surface area contributed by atoms with Crippen LogP contribution >= 0.6 is 34.8 Å². The van der Waals surface area contributed by atoms with Gasteiger partial charge in [-0.05, 0) is 25.0 Å². The number of aromatic nitrogens is 2. The Bertz CT molecular complexity index is 1940. The number of halogens is 5. The largest absolute Gasteiger partial charge is 0.504 e. The summed E-state index contributed by atoms with van der Waals surface area (Å²) in [4.78, 5) is 39.6. The molecule has 2 unspecified atom stereocenters. The fourth-order valence-corrected chi connectivity index (χ4v) is 6.85. The Labute approximate surface area is 278 Å². The molecule has 2 aliphatic rings. The van der Waals surface area contributed by atoms with Crippen LogP contribution in [0.2, 0.25) is 15.1 Å². The van der Waals surface area contributed by atoms with Gasteiger partial charge in [0.1, 0.15) is 22.3 Å². The first-order valence-electron chi connectivity index (χ1n) is 14.4. The average Bonchev–Trinajstić information content (AvgIpc) is 3.02. The van der Waals surface area contributed by atoms with Gasteiger partial charge in [-0.1, -0.05) is 68.2 Å². The minimum Gasteiger partial charge on any atom is -0.504 e. The molecule has 46 heavy (non-hydrogen) atoms. The van der Waals surface area contributed by atoms with Gasteiger partial charge in [0.15, 0.2) is 17.4 Å². The zero-order chi connectivity index (χ0) is 33.8. The fraction of sp³-hybridized carbons (Fsp3) is 0.344. The lowest BCUT2D eigenvalue weighted by molar-refractivity contribution is -0.128. The van der Waals surface area contributed by atoms with Crippen LogP contribution in [0.5, 0.6) is 5.75 Å². The molecule has 0 aliphatic carbocycles. The second-order valence-corrected chi connectivity index (χ2v) is 12.7. The lowest BCUT2D eigenvalue weighted by Crippen LogP contribution is -2.54. The molecule has 9 nitrogen and oxygen atoms in total. The summed E-state index contributed by atoms with van der Waals surface area (Å²) in [5, 5.41) is 19.1. The summed E-state index contributed by atoms with van der Waals surface area (Å²) in [6, 6.07) is 2.50. The molecule has 3 aromatic rings. The van der Waals surface area contributed by atoms with Crippen molar-refractivity contribution in [3.05, 3.63) is 73.6 Å². The molecule has 3 atom stereocenters. The number of phenols is 1. The van der Waals surface area contributed by atoms with Crippen molar-refractivity contribution in [2.24, 2.45) is 16.8 Å². The molecule has 2 aromatic heterocycles. The lowest BCUT2D eigenvalue weighted by atomic mass is 9.88. The number of anilines is 1. The van der Waals surface area contributed by atoms with Gasteiger partial charge in [0.05, 0.1) is 33.0 Å². The van der Waals surface area contributed by atoms with Crippen LogP contribution in [-0.2, 0) is 4.79 Å². The van der Waals surface area contributed by atoms with E-state index in [1.807, 2.05) is 38.7 Å². The van der Waals surface area contributed by atoms with Gasteiger partial charge < -0.3 is 14.9 Å². The Morgan fingerprint density at radius 1 is 1.20 bits per heavy atom. The molecule has 14 heteroatoms. The first-order chi connectivity index (χ1) is 21.7. The van der Waals surface area contributed by atoms with Crippen LogP contribution in [0.25, 0.3) is 22.3 Å². The smallest absolute Gasteiger partial charge is 0.272 e. The predicted octanol–water partition coefficient (Wildman–Crippen LogP) is 6.90. The Morgan fingerprint density at radius 3 is 2.50 bits per heavy atom. The maximum Gasteiger partial charge on any atom is 0.272 e. The van der Waals surface area contributed by atoms with E-state index in [0.29, 0.717) is 11.1 Å². The van der Waals surface area contributed by atoms with Gasteiger partial charge in [-0.25, -0.2) is 13.8 Å². The summed E-state index contributed by atoms with van der Waals surface area (Å²) >= 11 is 18.8. The SMILES string of the molecule is C=CC(=O)N1CCN(c2c(C#N)c(=O)n(C3C(C(C)C)=NC=CC3C)c3nc(-c4c(F)c(Cl)c(F)c(O)c4Cl)c(Cl)cc23)C[C@H]1C. The molecule has 2 aliphatic heterocycles. The van der Waals surface area contributed by atoms with Gasteiger partial charge in [0, 0.05) is 48.9 Å². The third-order valence-electron chi connectivity index (χ3n) is 8.38. The molecule has 5 rings (SSSR count). The number of rotatable bonds is 5. The number of aliphatic imine (C=N–C) groups is 1. The third kappa shape index (κ3) is 5.32. The molecule has 1 amide bonds. The predicted molar refractivity (Wildman–Crippen MR) is 176 cm³/mol. The number of phenolic OH excluding ortho intramolecular Hbond substituents is 1. The zero-order valence-corrected chi connectivity index (χ0v) is 27.6. The van der Waals surface area contributed by atoms with E-state index in [1.54, 1.807) is 11.1 Å². The van der Waals surface area contributed by atoms with Gasteiger partial charge in [-0.2, -0.15) is 5.26 Å². The van der Waals surface area contributed by atoms with Gasteiger partial charge in [0.2, 0.25) is 5.91 Å². The van der Waals surface area contributed by atoms with Crippen LogP contribution in [0.3, 0.4) is 0 Å². The number of allylic oxidation sites excluding steroid dienone is 1. The van der Waals surface area contributed by atoms with Crippen molar-refractivity contribution < 1.29 is 18.7 Å². The average molecular weight is 690 g/mol. The maximum atomic E-state index is 15.5. The van der Waals surface area contributed by atoms with Crippen molar-refractivity contribution in [1.82, 2.24) is 14.5 Å². The Morgan fingerprint density at radius 2 is 1.89 bits per heavy atom. The van der Waals surface area contributed by atoms with Crippen molar-refractivity contribution in [2.75, 3.05) is 24.5 Å². The number of fused-ring (bicyclic) bond motifs is 1. The molecule has 1 saturated heterocycles. The maximum absolute atomic E-state index is 15.5. The van der Waals surface area contributed by atoms with Gasteiger partial charge in [0.25, 0.3) is 5.56 Å². The van der Waals surface area contributed by atoms with E-state index in [4.69, 9.17) is 34.8 Å². The monoisotopic (exact) mass is 688 g/mol. The van der Waals surface area contributed by atoms with Crippen LogP contribution in [0.4, 0.5) is 14.5 Å². The van der Waals surface area contributed by atoms with Crippen molar-refractivity contribution in [3.63, 3.8) is 0 Å². The molecule has 0 saturated carbocycles. The fourth-order valence-electron chi connectivity index (χ4n) is 6.16. The summed E-state index contributed by atoms with van der Waals surface area (Å²) in [5.74, 6) is -4.51. The van der Waals surface area contributed by atoms with E-state index >= 15 is 4.39 Å². The van der Waals surface area contributed by atoms with Gasteiger partial charge >= 0.3 is 0 Å². The summed E-state index contributed by atoms with van der Waals surface area (Å²) in [5.41, 5.74) is -0.820. The number of pyridine rings is 2. The highest BCUT2D eigenvalue weighted by atomic mass is 35.5. The summed E-state index contributed by atoms with van der Waals surface area (Å²) < 4.78 is 31.3. The molecule has 240 valence electrons. The number of carbonyl (C=O) groups is 1. The van der Waals surface area contributed by atoms with Crippen LogP contribution in [-0.4, -0.2) is 56.9 Å². The highest BCUT2D eigenvalue weighted by Crippen LogP contribution is 2.46. The minimum absolute atomic E-state index is 0.0200. The standard InChI is InChI=1S/C32H29Cl3F2N6O3/c1-6-20(44)42-10-9-41(13-16(42)5)29-17-11-19(33)27(21-22(34)30(45)25(37)23(35)24(21)36)40-31(17)43(32(46)18(29)12-38)28-15(4)7-8-39-26(28)14(2)3/h6-8,11,14-16,28,45H,1,9-10,13H2,2-5H3/t15?,16-,28?/m1/s1. The second-order valence-electron chi connectivity index (χ2n) is 11.6. The molecule has 4 heterocycles. The zero-order valence-electron chi connectivity index (χ0n) is 25.3. The van der Waals surface area contributed by atoms with Crippen molar-refractivity contribution in [3.8, 4) is 23.1 Å². The molecule has 1 fully saturated rings. The summed E-state index contributed by atoms with van der Waals surface area (Å²) in [6.07, 6.45) is 4.70. The second kappa shape index (κ2) is 12.7.